The summed E-state index contributed by atoms with van der Waals surface area (Å²) in [4.78, 5) is 23.7. The summed E-state index contributed by atoms with van der Waals surface area (Å²) in [7, 11) is 0. The number of fused-ring (bicyclic) bond motifs is 3. The van der Waals surface area contributed by atoms with Gasteiger partial charge in [0.2, 0.25) is 5.91 Å². The number of aromatic nitrogens is 2. The Balaban J connectivity index is 1.50. The molecule has 2 fully saturated rings. The Hall–Kier alpha value is -1.86. The fraction of sp³-hybridized carbons (Fsp3) is 0.565. The van der Waals surface area contributed by atoms with Gasteiger partial charge in [-0.2, -0.15) is 0 Å². The van der Waals surface area contributed by atoms with Crippen molar-refractivity contribution in [2.75, 3.05) is 19.8 Å². The van der Waals surface area contributed by atoms with Crippen molar-refractivity contribution in [1.29, 1.82) is 0 Å². The molecule has 2 saturated heterocycles. The maximum absolute atomic E-state index is 13.2. The van der Waals surface area contributed by atoms with E-state index in [4.69, 9.17) is 14.5 Å². The summed E-state index contributed by atoms with van der Waals surface area (Å²) in [6, 6.07) is 5.99. The Bertz CT molecular complexity index is 965. The fourth-order valence-electron chi connectivity index (χ4n) is 5.10. The number of hydrogen-bond acceptors (Lipinski definition) is 4. The zero-order chi connectivity index (χ0) is 20.9. The lowest BCUT2D eigenvalue weighted by Crippen LogP contribution is -2.37. The third-order valence-electron chi connectivity index (χ3n) is 6.50. The lowest BCUT2D eigenvalue weighted by molar-refractivity contribution is -0.133. The van der Waals surface area contributed by atoms with E-state index in [1.165, 1.54) is 0 Å². The Labute approximate surface area is 185 Å². The van der Waals surface area contributed by atoms with Crippen molar-refractivity contribution < 1.29 is 14.3 Å². The predicted molar refractivity (Wildman–Crippen MR) is 117 cm³/mol. The summed E-state index contributed by atoms with van der Waals surface area (Å²) in [5, 5.41) is 0. The van der Waals surface area contributed by atoms with E-state index >= 15 is 0 Å². The molecule has 30 heavy (non-hydrogen) atoms. The van der Waals surface area contributed by atoms with E-state index in [9.17, 15) is 4.79 Å². The maximum atomic E-state index is 13.2. The molecule has 5 rings (SSSR count). The molecule has 2 aromatic rings. The summed E-state index contributed by atoms with van der Waals surface area (Å²) in [5.74, 6) is 2.26. The van der Waals surface area contributed by atoms with Gasteiger partial charge < -0.3 is 19.4 Å². The first-order chi connectivity index (χ1) is 14.4. The van der Waals surface area contributed by atoms with Gasteiger partial charge in [-0.25, -0.2) is 4.98 Å². The molecule has 3 aliphatic rings. The molecule has 0 bridgehead atoms. The molecule has 0 saturated carbocycles. The molecule has 1 amide bonds. The lowest BCUT2D eigenvalue weighted by atomic mass is 9.80. The number of carbonyl (C=O) groups excluding carboxylic acids is 1. The molecule has 7 heteroatoms. The summed E-state index contributed by atoms with van der Waals surface area (Å²) in [5.41, 5.74) is 2.96. The van der Waals surface area contributed by atoms with Gasteiger partial charge in [-0.1, -0.05) is 29.8 Å². The zero-order valence-corrected chi connectivity index (χ0v) is 19.1. The molecular weight excluding hydrogens is 446 g/mol. The SMILES string of the molecule is CC(C)CC(=O)N1C[C@]2(CCCOC2)C[C@H]1c1nc2c([nH]1)COc1cc(Br)ccc1-2. The molecule has 6 nitrogen and oxygen atoms in total. The number of carbonyl (C=O) groups is 1. The van der Waals surface area contributed by atoms with E-state index < -0.39 is 0 Å². The number of halogens is 1. The molecule has 1 spiro atoms. The molecule has 1 aromatic heterocycles. The number of H-pyrrole nitrogens is 1. The number of hydrogen-bond donors (Lipinski definition) is 1. The van der Waals surface area contributed by atoms with E-state index in [1.807, 2.05) is 18.2 Å². The van der Waals surface area contributed by atoms with E-state index in [2.05, 4.69) is 39.7 Å². The number of amides is 1. The van der Waals surface area contributed by atoms with Crippen molar-refractivity contribution >= 4 is 21.8 Å². The van der Waals surface area contributed by atoms with E-state index in [0.29, 0.717) is 18.9 Å². The standard InChI is InChI=1S/C23H28BrN3O3/c1-14(2)8-20(28)27-12-23(6-3-7-29-13-23)10-18(27)22-25-17-11-30-19-9-15(24)4-5-16(19)21(17)26-22/h4-5,9,14,18H,3,6-8,10-13H2,1-2H3,(H,25,26)/t18-,23-/m0/s1. The quantitative estimate of drug-likeness (QED) is 0.691. The number of ether oxygens (including phenoxy) is 2. The highest BCUT2D eigenvalue weighted by Gasteiger charge is 2.48. The van der Waals surface area contributed by atoms with Crippen molar-refractivity contribution in [3.05, 3.63) is 34.2 Å². The molecule has 0 radical (unpaired) electrons. The van der Waals surface area contributed by atoms with Gasteiger partial charge >= 0.3 is 0 Å². The van der Waals surface area contributed by atoms with E-state index in [1.54, 1.807) is 0 Å². The second kappa shape index (κ2) is 7.68. The van der Waals surface area contributed by atoms with Crippen LogP contribution in [0.2, 0.25) is 0 Å². The third kappa shape index (κ3) is 3.56. The molecule has 1 N–H and O–H groups in total. The largest absolute Gasteiger partial charge is 0.487 e. The van der Waals surface area contributed by atoms with Crippen LogP contribution < -0.4 is 4.74 Å². The van der Waals surface area contributed by atoms with Gasteiger partial charge in [-0.05, 0) is 43.4 Å². The summed E-state index contributed by atoms with van der Waals surface area (Å²) in [6.07, 6.45) is 3.63. The van der Waals surface area contributed by atoms with E-state index in [0.717, 1.165) is 72.0 Å². The first-order valence-corrected chi connectivity index (χ1v) is 11.6. The van der Waals surface area contributed by atoms with Crippen LogP contribution in [0.3, 0.4) is 0 Å². The average Bonchev–Trinajstić information content (AvgIpc) is 3.30. The van der Waals surface area contributed by atoms with Gasteiger partial charge in [0.25, 0.3) is 0 Å². The van der Waals surface area contributed by atoms with Gasteiger partial charge in [0, 0.05) is 35.0 Å². The Morgan fingerprint density at radius 3 is 3.07 bits per heavy atom. The molecule has 2 atom stereocenters. The van der Waals surface area contributed by atoms with Crippen LogP contribution in [-0.4, -0.2) is 40.5 Å². The Kier molecular flexibility index (Phi) is 5.14. The topological polar surface area (TPSA) is 67.5 Å². The van der Waals surface area contributed by atoms with Crippen LogP contribution in [-0.2, 0) is 16.1 Å². The normalized spacial score (nSPS) is 25.3. The van der Waals surface area contributed by atoms with Crippen molar-refractivity contribution in [3.63, 3.8) is 0 Å². The van der Waals surface area contributed by atoms with Crippen molar-refractivity contribution in [1.82, 2.24) is 14.9 Å². The summed E-state index contributed by atoms with van der Waals surface area (Å²) in [6.45, 7) is 6.97. The van der Waals surface area contributed by atoms with Crippen LogP contribution in [0.5, 0.6) is 5.75 Å². The van der Waals surface area contributed by atoms with Crippen LogP contribution in [0.1, 0.15) is 57.1 Å². The molecule has 1 aromatic carbocycles. The van der Waals surface area contributed by atoms with Gasteiger partial charge in [0.05, 0.1) is 24.0 Å². The number of rotatable bonds is 3. The Morgan fingerprint density at radius 2 is 2.30 bits per heavy atom. The van der Waals surface area contributed by atoms with Crippen molar-refractivity contribution in [3.8, 4) is 17.0 Å². The fourth-order valence-corrected chi connectivity index (χ4v) is 5.44. The van der Waals surface area contributed by atoms with Crippen molar-refractivity contribution in [2.24, 2.45) is 11.3 Å². The molecule has 0 aliphatic carbocycles. The second-order valence-electron chi connectivity index (χ2n) is 9.37. The minimum absolute atomic E-state index is 0.0394. The van der Waals surface area contributed by atoms with Crippen LogP contribution in [0, 0.1) is 11.3 Å². The zero-order valence-electron chi connectivity index (χ0n) is 17.5. The highest BCUT2D eigenvalue weighted by molar-refractivity contribution is 9.10. The smallest absolute Gasteiger partial charge is 0.223 e. The van der Waals surface area contributed by atoms with Crippen LogP contribution in [0.15, 0.2) is 22.7 Å². The summed E-state index contributed by atoms with van der Waals surface area (Å²) < 4.78 is 12.8. The van der Waals surface area contributed by atoms with Crippen molar-refractivity contribution in [2.45, 2.75) is 52.2 Å². The van der Waals surface area contributed by atoms with Gasteiger partial charge in [0.1, 0.15) is 18.2 Å². The highest BCUT2D eigenvalue weighted by Crippen LogP contribution is 2.48. The minimum atomic E-state index is -0.0394. The Morgan fingerprint density at radius 1 is 1.43 bits per heavy atom. The van der Waals surface area contributed by atoms with Crippen LogP contribution >= 0.6 is 15.9 Å². The molecule has 3 aliphatic heterocycles. The van der Waals surface area contributed by atoms with Gasteiger partial charge in [-0.15, -0.1) is 0 Å². The first kappa shape index (κ1) is 20.1. The minimum Gasteiger partial charge on any atom is -0.487 e. The number of imidazole rings is 1. The van der Waals surface area contributed by atoms with Gasteiger partial charge in [0.15, 0.2) is 0 Å². The molecular formula is C23H28BrN3O3. The predicted octanol–water partition coefficient (Wildman–Crippen LogP) is 4.85. The molecule has 160 valence electrons. The first-order valence-electron chi connectivity index (χ1n) is 10.8. The molecule has 0 unspecified atom stereocenters. The average molecular weight is 474 g/mol. The third-order valence-corrected chi connectivity index (χ3v) is 6.99. The number of benzene rings is 1. The number of nitrogens with zero attached hydrogens (tertiary/aromatic N) is 2. The second-order valence-corrected chi connectivity index (χ2v) is 10.3. The number of nitrogens with one attached hydrogen (secondary N) is 1. The monoisotopic (exact) mass is 473 g/mol. The summed E-state index contributed by atoms with van der Waals surface area (Å²) >= 11 is 3.51. The molecule has 4 heterocycles. The highest BCUT2D eigenvalue weighted by atomic mass is 79.9. The van der Waals surface area contributed by atoms with Crippen LogP contribution in [0.25, 0.3) is 11.3 Å². The number of aromatic amines is 1. The number of likely N-dealkylation sites (tertiary alicyclic amines) is 1. The van der Waals surface area contributed by atoms with E-state index in [-0.39, 0.29) is 17.4 Å². The van der Waals surface area contributed by atoms with Gasteiger partial charge in [-0.3, -0.25) is 4.79 Å². The maximum Gasteiger partial charge on any atom is 0.223 e. The lowest BCUT2D eigenvalue weighted by Gasteiger charge is -2.32. The van der Waals surface area contributed by atoms with Crippen LogP contribution in [0.4, 0.5) is 0 Å².